The monoisotopic (exact) mass is 240 g/mol. The van der Waals surface area contributed by atoms with Crippen LogP contribution in [0.1, 0.15) is 26.7 Å². The third kappa shape index (κ3) is 3.08. The molecule has 0 N–H and O–H groups in total. The van der Waals surface area contributed by atoms with Crippen LogP contribution in [0.4, 0.5) is 0 Å². The van der Waals surface area contributed by atoms with Gasteiger partial charge in [-0.05, 0) is 25.7 Å². The minimum absolute atomic E-state index is 0.126. The molecule has 0 aromatic carbocycles. The summed E-state index contributed by atoms with van der Waals surface area (Å²) in [5.41, 5.74) is 1.07. The lowest BCUT2D eigenvalue weighted by atomic mass is 9.89. The van der Waals surface area contributed by atoms with Crippen LogP contribution in [0, 0.1) is 17.8 Å². The number of ether oxygens (including phenoxy) is 2. The quantitative estimate of drug-likeness (QED) is 0.556. The Morgan fingerprint density at radius 2 is 1.82 bits per heavy atom. The minimum atomic E-state index is -0.220. The molecule has 1 aliphatic rings. The van der Waals surface area contributed by atoms with E-state index in [0.29, 0.717) is 0 Å². The van der Waals surface area contributed by atoms with Gasteiger partial charge in [0.05, 0.1) is 26.1 Å². The predicted octanol–water partition coefficient (Wildman–Crippen LogP) is 1.94. The predicted molar refractivity (Wildman–Crippen MR) is 63.2 cm³/mol. The zero-order valence-corrected chi connectivity index (χ0v) is 10.9. The third-order valence-electron chi connectivity index (χ3n) is 3.57. The fraction of sp³-hybridized carbons (Fsp3) is 0.692. The maximum atomic E-state index is 11.4. The number of esters is 2. The van der Waals surface area contributed by atoms with E-state index < -0.39 is 0 Å². The Morgan fingerprint density at radius 3 is 2.35 bits per heavy atom. The molecule has 0 aromatic rings. The summed E-state index contributed by atoms with van der Waals surface area (Å²) < 4.78 is 9.45. The molecule has 0 heterocycles. The fourth-order valence-electron chi connectivity index (χ4n) is 2.21. The smallest absolute Gasteiger partial charge is 0.312 e. The van der Waals surface area contributed by atoms with E-state index in [1.54, 1.807) is 0 Å². The molecule has 0 amide bonds. The molecule has 0 aromatic heterocycles. The number of allylic oxidation sites excluding steroid dienone is 1. The van der Waals surface area contributed by atoms with Crippen molar-refractivity contribution in [1.29, 1.82) is 0 Å². The van der Waals surface area contributed by atoms with Crippen molar-refractivity contribution < 1.29 is 19.1 Å². The lowest BCUT2D eigenvalue weighted by molar-refractivity contribution is -0.146. The van der Waals surface area contributed by atoms with E-state index in [-0.39, 0.29) is 29.7 Å². The highest BCUT2D eigenvalue weighted by molar-refractivity contribution is 5.76. The molecule has 3 atom stereocenters. The number of methoxy groups -OCH3 is 2. The van der Waals surface area contributed by atoms with Crippen LogP contribution >= 0.6 is 0 Å². The maximum Gasteiger partial charge on any atom is 0.312 e. The van der Waals surface area contributed by atoms with E-state index in [9.17, 15) is 9.59 Å². The standard InChI is InChI=1S/C13H20O4/c1-8(12(14)16-3)10-5-6-11(7-10)9(2)13(15)17-4/h5,8-9,11H,6-7H2,1-4H3. The van der Waals surface area contributed by atoms with Crippen LogP contribution in [0.3, 0.4) is 0 Å². The highest BCUT2D eigenvalue weighted by Crippen LogP contribution is 2.35. The van der Waals surface area contributed by atoms with Crippen LogP contribution < -0.4 is 0 Å². The molecule has 4 nitrogen and oxygen atoms in total. The molecule has 0 saturated carbocycles. The number of hydrogen-bond donors (Lipinski definition) is 0. The first-order valence-corrected chi connectivity index (χ1v) is 5.85. The van der Waals surface area contributed by atoms with Crippen molar-refractivity contribution in [1.82, 2.24) is 0 Å². The molecular formula is C13H20O4. The topological polar surface area (TPSA) is 52.6 Å². The summed E-state index contributed by atoms with van der Waals surface area (Å²) in [5, 5.41) is 0. The Bertz CT molecular complexity index is 332. The van der Waals surface area contributed by atoms with Crippen LogP contribution in [0.5, 0.6) is 0 Å². The van der Waals surface area contributed by atoms with Crippen molar-refractivity contribution in [3.8, 4) is 0 Å². The zero-order valence-electron chi connectivity index (χ0n) is 10.9. The van der Waals surface area contributed by atoms with Crippen LogP contribution in [-0.4, -0.2) is 26.2 Å². The lowest BCUT2D eigenvalue weighted by Crippen LogP contribution is -2.21. The first kappa shape index (κ1) is 13.7. The van der Waals surface area contributed by atoms with Gasteiger partial charge in [-0.25, -0.2) is 0 Å². The van der Waals surface area contributed by atoms with Gasteiger partial charge in [-0.1, -0.05) is 18.6 Å². The minimum Gasteiger partial charge on any atom is -0.469 e. The lowest BCUT2D eigenvalue weighted by Gasteiger charge is -2.18. The van der Waals surface area contributed by atoms with E-state index in [0.717, 1.165) is 18.4 Å². The summed E-state index contributed by atoms with van der Waals surface area (Å²) in [5.74, 6) is -0.504. The van der Waals surface area contributed by atoms with E-state index in [1.807, 2.05) is 19.9 Å². The Balaban J connectivity index is 2.57. The van der Waals surface area contributed by atoms with Crippen molar-refractivity contribution in [2.45, 2.75) is 26.7 Å². The molecule has 3 unspecified atom stereocenters. The summed E-state index contributed by atoms with van der Waals surface area (Å²) in [7, 11) is 2.79. The Hall–Kier alpha value is -1.32. The van der Waals surface area contributed by atoms with Crippen LogP contribution in [0.15, 0.2) is 11.6 Å². The van der Waals surface area contributed by atoms with Gasteiger partial charge in [-0.2, -0.15) is 0 Å². The van der Waals surface area contributed by atoms with Gasteiger partial charge in [-0.15, -0.1) is 0 Å². The van der Waals surface area contributed by atoms with Gasteiger partial charge in [0.15, 0.2) is 0 Å². The summed E-state index contributed by atoms with van der Waals surface area (Å²) in [4.78, 5) is 22.8. The normalized spacial score (nSPS) is 22.6. The average Bonchev–Trinajstić information content (AvgIpc) is 2.84. The van der Waals surface area contributed by atoms with Gasteiger partial charge in [0, 0.05) is 0 Å². The van der Waals surface area contributed by atoms with Gasteiger partial charge >= 0.3 is 11.9 Å². The van der Waals surface area contributed by atoms with E-state index in [1.165, 1.54) is 14.2 Å². The number of rotatable bonds is 4. The molecular weight excluding hydrogens is 220 g/mol. The SMILES string of the molecule is COC(=O)C(C)C1=CCC(C(C)C(=O)OC)C1. The van der Waals surface area contributed by atoms with Gasteiger partial charge in [0.2, 0.25) is 0 Å². The Morgan fingerprint density at radius 1 is 1.24 bits per heavy atom. The second-order valence-corrected chi connectivity index (χ2v) is 4.54. The largest absolute Gasteiger partial charge is 0.469 e. The molecule has 0 radical (unpaired) electrons. The van der Waals surface area contributed by atoms with Crippen molar-refractivity contribution in [3.63, 3.8) is 0 Å². The molecule has 96 valence electrons. The summed E-state index contributed by atoms with van der Waals surface area (Å²) >= 11 is 0. The Labute approximate surface area is 102 Å². The van der Waals surface area contributed by atoms with Gasteiger partial charge in [0.25, 0.3) is 0 Å². The molecule has 1 rings (SSSR count). The number of hydrogen-bond acceptors (Lipinski definition) is 4. The highest BCUT2D eigenvalue weighted by atomic mass is 16.5. The second kappa shape index (κ2) is 5.84. The van der Waals surface area contributed by atoms with E-state index in [4.69, 9.17) is 9.47 Å². The van der Waals surface area contributed by atoms with Crippen molar-refractivity contribution in [2.24, 2.45) is 17.8 Å². The fourth-order valence-corrected chi connectivity index (χ4v) is 2.21. The molecule has 0 spiro atoms. The average molecular weight is 240 g/mol. The molecule has 0 saturated heterocycles. The summed E-state index contributed by atoms with van der Waals surface area (Å²) in [6.45, 7) is 3.71. The number of carbonyl (C=O) groups excluding carboxylic acids is 2. The summed E-state index contributed by atoms with van der Waals surface area (Å²) in [6, 6.07) is 0. The first-order chi connectivity index (χ1) is 8.01. The van der Waals surface area contributed by atoms with Gasteiger partial charge in [0.1, 0.15) is 0 Å². The molecule has 17 heavy (non-hydrogen) atoms. The third-order valence-corrected chi connectivity index (χ3v) is 3.57. The van der Waals surface area contributed by atoms with E-state index >= 15 is 0 Å². The molecule has 0 fully saturated rings. The van der Waals surface area contributed by atoms with Crippen LogP contribution in [0.25, 0.3) is 0 Å². The first-order valence-electron chi connectivity index (χ1n) is 5.85. The highest BCUT2D eigenvalue weighted by Gasteiger charge is 2.31. The van der Waals surface area contributed by atoms with Crippen LogP contribution in [0.2, 0.25) is 0 Å². The van der Waals surface area contributed by atoms with Gasteiger partial charge < -0.3 is 9.47 Å². The number of carbonyl (C=O) groups is 2. The summed E-state index contributed by atoms with van der Waals surface area (Å²) in [6.07, 6.45) is 3.64. The van der Waals surface area contributed by atoms with E-state index in [2.05, 4.69) is 0 Å². The maximum absolute atomic E-state index is 11.4. The molecule has 0 bridgehead atoms. The van der Waals surface area contributed by atoms with Crippen molar-refractivity contribution in [3.05, 3.63) is 11.6 Å². The molecule has 0 aliphatic heterocycles. The van der Waals surface area contributed by atoms with Crippen molar-refractivity contribution >= 4 is 11.9 Å². The molecule has 1 aliphatic carbocycles. The Kier molecular flexibility index (Phi) is 4.73. The van der Waals surface area contributed by atoms with Gasteiger partial charge in [-0.3, -0.25) is 9.59 Å². The zero-order chi connectivity index (χ0) is 13.0. The van der Waals surface area contributed by atoms with Crippen molar-refractivity contribution in [2.75, 3.05) is 14.2 Å². The second-order valence-electron chi connectivity index (χ2n) is 4.54. The van der Waals surface area contributed by atoms with Crippen LogP contribution in [-0.2, 0) is 19.1 Å². The molecule has 4 heteroatoms.